The monoisotopic (exact) mass is 345 g/mol. The van der Waals surface area contributed by atoms with Crippen LogP contribution in [-0.2, 0) is 9.53 Å². The number of benzene rings is 1. The number of amides is 1. The lowest BCUT2D eigenvalue weighted by atomic mass is 10.1. The van der Waals surface area contributed by atoms with Gasteiger partial charge in [-0.15, -0.1) is 0 Å². The molecular weight excluding hydrogens is 326 g/mol. The Morgan fingerprint density at radius 2 is 1.64 bits per heavy atom. The maximum atomic E-state index is 12.5. The van der Waals surface area contributed by atoms with Gasteiger partial charge in [0, 0.05) is 0 Å². The third-order valence-corrected chi connectivity index (χ3v) is 3.09. The fourth-order valence-corrected chi connectivity index (χ4v) is 2.06. The normalized spacial score (nSPS) is 12.3. The molecule has 0 aliphatic heterocycles. The Morgan fingerprint density at radius 1 is 1.04 bits per heavy atom. The highest BCUT2D eigenvalue weighted by Crippen LogP contribution is 2.19. The second-order valence-corrected chi connectivity index (χ2v) is 6.32. The summed E-state index contributed by atoms with van der Waals surface area (Å²) >= 11 is 0. The summed E-state index contributed by atoms with van der Waals surface area (Å²) in [7, 11) is 0. The molecule has 1 aromatic heterocycles. The summed E-state index contributed by atoms with van der Waals surface area (Å²) in [6, 6.07) is 9.95. The molecular formula is C18H19NO6. The molecule has 25 heavy (non-hydrogen) atoms. The van der Waals surface area contributed by atoms with E-state index >= 15 is 0 Å². The summed E-state index contributed by atoms with van der Waals surface area (Å²) < 4.78 is 10.3. The van der Waals surface area contributed by atoms with E-state index in [2.05, 4.69) is 5.32 Å². The standard InChI is InChI=1S/C18H19NO6/c1-18(2,3)25-17(23)14(11-7-5-4-6-8-11)19-15(20)12-9-10-13(24-12)16(21)22/h4-10,14H,1-3H3,(H,19,20)(H,21,22)/t14-/m0/s1. The van der Waals surface area contributed by atoms with E-state index in [9.17, 15) is 14.4 Å². The first-order valence-electron chi connectivity index (χ1n) is 7.59. The van der Waals surface area contributed by atoms with Crippen LogP contribution in [-0.4, -0.2) is 28.6 Å². The van der Waals surface area contributed by atoms with E-state index in [0.29, 0.717) is 5.56 Å². The molecule has 0 saturated heterocycles. The number of carbonyl (C=O) groups is 3. The van der Waals surface area contributed by atoms with Crippen LogP contribution in [0.25, 0.3) is 0 Å². The van der Waals surface area contributed by atoms with Gasteiger partial charge in [0.15, 0.2) is 11.8 Å². The molecule has 0 spiro atoms. The topological polar surface area (TPSA) is 106 Å². The number of carbonyl (C=O) groups excluding carboxylic acids is 2. The van der Waals surface area contributed by atoms with Crippen LogP contribution in [0.15, 0.2) is 46.9 Å². The van der Waals surface area contributed by atoms with Gasteiger partial charge in [-0.25, -0.2) is 9.59 Å². The molecule has 1 heterocycles. The molecule has 0 aliphatic carbocycles. The molecule has 0 unspecified atom stereocenters. The fourth-order valence-electron chi connectivity index (χ4n) is 2.06. The van der Waals surface area contributed by atoms with Gasteiger partial charge in [-0.1, -0.05) is 30.3 Å². The SMILES string of the molecule is CC(C)(C)OC(=O)[C@@H](NC(=O)c1ccc(C(=O)O)o1)c1ccccc1. The highest BCUT2D eigenvalue weighted by molar-refractivity contribution is 5.96. The van der Waals surface area contributed by atoms with E-state index < -0.39 is 29.5 Å². The number of rotatable bonds is 5. The van der Waals surface area contributed by atoms with Gasteiger partial charge in [0.05, 0.1) is 0 Å². The van der Waals surface area contributed by atoms with Crippen LogP contribution in [0.3, 0.4) is 0 Å². The molecule has 1 amide bonds. The summed E-state index contributed by atoms with van der Waals surface area (Å²) in [6.07, 6.45) is 0. The van der Waals surface area contributed by atoms with Crippen molar-refractivity contribution in [3.8, 4) is 0 Å². The van der Waals surface area contributed by atoms with Crippen molar-refractivity contribution in [1.82, 2.24) is 5.32 Å². The number of carboxylic acid groups (broad SMARTS) is 1. The first kappa shape index (κ1) is 18.3. The van der Waals surface area contributed by atoms with Crippen molar-refractivity contribution in [2.24, 2.45) is 0 Å². The Labute approximate surface area is 144 Å². The van der Waals surface area contributed by atoms with Gasteiger partial charge in [0.2, 0.25) is 5.76 Å². The molecule has 0 fully saturated rings. The second kappa shape index (κ2) is 7.21. The molecule has 2 aromatic rings. The Bertz CT molecular complexity index is 772. The molecule has 7 nitrogen and oxygen atoms in total. The van der Waals surface area contributed by atoms with E-state index in [4.69, 9.17) is 14.3 Å². The predicted octanol–water partition coefficient (Wildman–Crippen LogP) is 2.79. The van der Waals surface area contributed by atoms with Crippen molar-refractivity contribution < 1.29 is 28.6 Å². The first-order chi connectivity index (χ1) is 11.7. The van der Waals surface area contributed by atoms with Gasteiger partial charge in [-0.3, -0.25) is 4.79 Å². The second-order valence-electron chi connectivity index (χ2n) is 6.32. The van der Waals surface area contributed by atoms with Crippen molar-refractivity contribution in [1.29, 1.82) is 0 Å². The van der Waals surface area contributed by atoms with Crippen LogP contribution < -0.4 is 5.32 Å². The Hall–Kier alpha value is -3.09. The summed E-state index contributed by atoms with van der Waals surface area (Å²) in [6.45, 7) is 5.17. The zero-order valence-corrected chi connectivity index (χ0v) is 14.1. The quantitative estimate of drug-likeness (QED) is 0.807. The number of aromatic carboxylic acids is 1. The van der Waals surface area contributed by atoms with E-state index in [-0.39, 0.29) is 11.5 Å². The molecule has 0 radical (unpaired) electrons. The lowest BCUT2D eigenvalue weighted by molar-refractivity contribution is -0.157. The third-order valence-electron chi connectivity index (χ3n) is 3.09. The molecule has 1 atom stereocenters. The van der Waals surface area contributed by atoms with Crippen LogP contribution in [0, 0.1) is 0 Å². The Balaban J connectivity index is 2.24. The van der Waals surface area contributed by atoms with Gasteiger partial charge in [0.25, 0.3) is 5.91 Å². The smallest absolute Gasteiger partial charge is 0.371 e. The van der Waals surface area contributed by atoms with E-state index in [1.54, 1.807) is 51.1 Å². The average molecular weight is 345 g/mol. The van der Waals surface area contributed by atoms with Crippen LogP contribution in [0.1, 0.15) is 53.5 Å². The van der Waals surface area contributed by atoms with Crippen LogP contribution in [0.5, 0.6) is 0 Å². The molecule has 7 heteroatoms. The maximum absolute atomic E-state index is 12.5. The minimum Gasteiger partial charge on any atom is -0.475 e. The largest absolute Gasteiger partial charge is 0.475 e. The zero-order valence-electron chi connectivity index (χ0n) is 14.1. The van der Waals surface area contributed by atoms with E-state index in [1.165, 1.54) is 12.1 Å². The number of carboxylic acids is 1. The first-order valence-corrected chi connectivity index (χ1v) is 7.59. The van der Waals surface area contributed by atoms with Crippen molar-refractivity contribution in [3.63, 3.8) is 0 Å². The molecule has 132 valence electrons. The molecule has 0 saturated carbocycles. The highest BCUT2D eigenvalue weighted by Gasteiger charge is 2.29. The average Bonchev–Trinajstić information content (AvgIpc) is 3.01. The number of esters is 1. The predicted molar refractivity (Wildman–Crippen MR) is 88.2 cm³/mol. The Morgan fingerprint density at radius 3 is 2.16 bits per heavy atom. The molecule has 2 rings (SSSR count). The minimum absolute atomic E-state index is 0.207. The van der Waals surface area contributed by atoms with Crippen molar-refractivity contribution in [2.75, 3.05) is 0 Å². The van der Waals surface area contributed by atoms with E-state index in [1.807, 2.05) is 0 Å². The van der Waals surface area contributed by atoms with Crippen LogP contribution in [0.4, 0.5) is 0 Å². The van der Waals surface area contributed by atoms with Gasteiger partial charge in [0.1, 0.15) is 5.60 Å². The third kappa shape index (κ3) is 4.94. The van der Waals surface area contributed by atoms with Crippen molar-refractivity contribution in [2.45, 2.75) is 32.4 Å². The number of hydrogen-bond donors (Lipinski definition) is 2. The van der Waals surface area contributed by atoms with E-state index in [0.717, 1.165) is 0 Å². The molecule has 1 aromatic carbocycles. The molecule has 2 N–H and O–H groups in total. The fraction of sp³-hybridized carbons (Fsp3) is 0.278. The number of hydrogen-bond acceptors (Lipinski definition) is 5. The Kier molecular flexibility index (Phi) is 5.26. The number of nitrogens with one attached hydrogen (secondary N) is 1. The van der Waals surface area contributed by atoms with Crippen molar-refractivity contribution >= 4 is 17.8 Å². The lowest BCUT2D eigenvalue weighted by Crippen LogP contribution is -2.38. The van der Waals surface area contributed by atoms with Gasteiger partial charge in [-0.2, -0.15) is 0 Å². The molecule has 0 bridgehead atoms. The summed E-state index contributed by atoms with van der Waals surface area (Å²) in [4.78, 5) is 35.7. The summed E-state index contributed by atoms with van der Waals surface area (Å²) in [5, 5.41) is 11.4. The van der Waals surface area contributed by atoms with Crippen LogP contribution >= 0.6 is 0 Å². The number of furan rings is 1. The molecule has 0 aliphatic rings. The van der Waals surface area contributed by atoms with Crippen LogP contribution in [0.2, 0.25) is 0 Å². The summed E-state index contributed by atoms with van der Waals surface area (Å²) in [5.74, 6) is -3.20. The van der Waals surface area contributed by atoms with Gasteiger partial charge < -0.3 is 19.6 Å². The maximum Gasteiger partial charge on any atom is 0.371 e. The van der Waals surface area contributed by atoms with Gasteiger partial charge in [-0.05, 0) is 38.5 Å². The summed E-state index contributed by atoms with van der Waals surface area (Å²) in [5.41, 5.74) is -0.189. The zero-order chi connectivity index (χ0) is 18.6. The van der Waals surface area contributed by atoms with Crippen molar-refractivity contribution in [3.05, 3.63) is 59.5 Å². The lowest BCUT2D eigenvalue weighted by Gasteiger charge is -2.24. The highest BCUT2D eigenvalue weighted by atomic mass is 16.6. The minimum atomic E-state index is -1.29. The number of ether oxygens (including phenoxy) is 1. The van der Waals surface area contributed by atoms with Gasteiger partial charge >= 0.3 is 11.9 Å².